The average Bonchev–Trinajstić information content (AvgIpc) is 2.40. The van der Waals surface area contributed by atoms with Gasteiger partial charge in [-0.2, -0.15) is 0 Å². The zero-order chi connectivity index (χ0) is 13.0. The van der Waals surface area contributed by atoms with Gasteiger partial charge in [-0.05, 0) is 39.2 Å². The largest absolute Gasteiger partial charge is 0.494 e. The van der Waals surface area contributed by atoms with E-state index in [9.17, 15) is 0 Å². The van der Waals surface area contributed by atoms with Crippen LogP contribution in [0, 0.1) is 0 Å². The molecule has 0 amide bonds. The average molecular weight is 249 g/mol. The van der Waals surface area contributed by atoms with Crippen molar-refractivity contribution < 1.29 is 9.47 Å². The van der Waals surface area contributed by atoms with E-state index < -0.39 is 0 Å². The van der Waals surface area contributed by atoms with Crippen LogP contribution in [0.1, 0.15) is 44.7 Å². The molecule has 1 aromatic rings. The summed E-state index contributed by atoms with van der Waals surface area (Å²) in [5.41, 5.74) is 7.20. The Kier molecular flexibility index (Phi) is 4.25. The first-order chi connectivity index (χ1) is 8.67. The van der Waals surface area contributed by atoms with E-state index in [2.05, 4.69) is 6.92 Å². The number of hydrogen-bond acceptors (Lipinski definition) is 3. The maximum atomic E-state index is 6.43. The molecule has 0 saturated carbocycles. The molecule has 100 valence electrons. The molecule has 2 rings (SSSR count). The van der Waals surface area contributed by atoms with Crippen LogP contribution in [0.4, 0.5) is 0 Å². The van der Waals surface area contributed by atoms with Crippen LogP contribution in [0.5, 0.6) is 5.75 Å². The predicted octanol–water partition coefficient (Wildman–Crippen LogP) is 3.04. The molecule has 1 aromatic carbocycles. The summed E-state index contributed by atoms with van der Waals surface area (Å²) in [5, 5.41) is 0. The Balaban J connectivity index is 2.24. The molecule has 1 aliphatic heterocycles. The number of ether oxygens (including phenoxy) is 2. The van der Waals surface area contributed by atoms with E-state index >= 15 is 0 Å². The van der Waals surface area contributed by atoms with Crippen LogP contribution in [0.25, 0.3) is 0 Å². The predicted molar refractivity (Wildman–Crippen MR) is 72.7 cm³/mol. The lowest BCUT2D eigenvalue weighted by atomic mass is 9.84. The number of nitrogens with two attached hydrogens (primary N) is 1. The second kappa shape index (κ2) is 5.72. The van der Waals surface area contributed by atoms with E-state index in [1.54, 1.807) is 0 Å². The van der Waals surface area contributed by atoms with Crippen molar-refractivity contribution in [2.75, 3.05) is 13.2 Å². The van der Waals surface area contributed by atoms with E-state index in [1.807, 2.05) is 31.2 Å². The van der Waals surface area contributed by atoms with Crippen LogP contribution in [0.3, 0.4) is 0 Å². The Bertz CT molecular complexity index is 386. The minimum Gasteiger partial charge on any atom is -0.494 e. The first-order valence-electron chi connectivity index (χ1n) is 6.78. The standard InChI is InChI=1S/C15H23NO2/c1-3-17-13-9-5-4-8-12(13)14(16)15(2)10-6-7-11-18-15/h4-5,8-9,14H,3,6-7,10-11,16H2,1-2H3. The van der Waals surface area contributed by atoms with Crippen LogP contribution in [0.2, 0.25) is 0 Å². The van der Waals surface area contributed by atoms with Crippen molar-refractivity contribution in [3.05, 3.63) is 29.8 Å². The van der Waals surface area contributed by atoms with Crippen molar-refractivity contribution in [3.8, 4) is 5.75 Å². The molecule has 0 aromatic heterocycles. The second-order valence-corrected chi connectivity index (χ2v) is 5.07. The summed E-state index contributed by atoms with van der Waals surface area (Å²) in [6.45, 7) is 5.56. The molecule has 0 bridgehead atoms. The smallest absolute Gasteiger partial charge is 0.124 e. The molecule has 1 fully saturated rings. The molecular weight excluding hydrogens is 226 g/mol. The van der Waals surface area contributed by atoms with Crippen LogP contribution in [0.15, 0.2) is 24.3 Å². The fraction of sp³-hybridized carbons (Fsp3) is 0.600. The summed E-state index contributed by atoms with van der Waals surface area (Å²) in [6, 6.07) is 7.86. The highest BCUT2D eigenvalue weighted by molar-refractivity contribution is 5.37. The van der Waals surface area contributed by atoms with E-state index in [4.69, 9.17) is 15.2 Å². The summed E-state index contributed by atoms with van der Waals surface area (Å²) in [5.74, 6) is 0.878. The second-order valence-electron chi connectivity index (χ2n) is 5.07. The summed E-state index contributed by atoms with van der Waals surface area (Å²) >= 11 is 0. The molecule has 1 aliphatic rings. The van der Waals surface area contributed by atoms with Gasteiger partial charge in [0.15, 0.2) is 0 Å². The Hall–Kier alpha value is -1.06. The first-order valence-corrected chi connectivity index (χ1v) is 6.78. The van der Waals surface area contributed by atoms with Gasteiger partial charge in [0.2, 0.25) is 0 Å². The zero-order valence-corrected chi connectivity index (χ0v) is 11.3. The van der Waals surface area contributed by atoms with E-state index in [0.717, 1.165) is 30.8 Å². The minimum atomic E-state index is -0.272. The zero-order valence-electron chi connectivity index (χ0n) is 11.3. The molecule has 0 spiro atoms. The maximum absolute atomic E-state index is 6.43. The Morgan fingerprint density at radius 2 is 2.17 bits per heavy atom. The summed E-state index contributed by atoms with van der Waals surface area (Å²) in [4.78, 5) is 0. The highest BCUT2D eigenvalue weighted by Crippen LogP contribution is 2.38. The van der Waals surface area contributed by atoms with Gasteiger partial charge in [-0.3, -0.25) is 0 Å². The van der Waals surface area contributed by atoms with E-state index in [0.29, 0.717) is 6.61 Å². The van der Waals surface area contributed by atoms with Gasteiger partial charge in [-0.15, -0.1) is 0 Å². The normalized spacial score (nSPS) is 25.7. The van der Waals surface area contributed by atoms with Crippen LogP contribution in [-0.2, 0) is 4.74 Å². The number of rotatable bonds is 4. The van der Waals surface area contributed by atoms with E-state index in [-0.39, 0.29) is 11.6 Å². The molecular formula is C15H23NO2. The van der Waals surface area contributed by atoms with Gasteiger partial charge >= 0.3 is 0 Å². The molecule has 2 N–H and O–H groups in total. The molecule has 2 unspecified atom stereocenters. The number of benzene rings is 1. The van der Waals surface area contributed by atoms with Gasteiger partial charge in [0.1, 0.15) is 5.75 Å². The molecule has 2 atom stereocenters. The quantitative estimate of drug-likeness (QED) is 0.892. The van der Waals surface area contributed by atoms with E-state index in [1.165, 1.54) is 6.42 Å². The molecule has 18 heavy (non-hydrogen) atoms. The van der Waals surface area contributed by atoms with Crippen molar-refractivity contribution in [2.24, 2.45) is 5.73 Å². The van der Waals surface area contributed by atoms with Gasteiger partial charge in [0, 0.05) is 12.2 Å². The Labute approximate surface area is 109 Å². The van der Waals surface area contributed by atoms with Crippen molar-refractivity contribution in [1.82, 2.24) is 0 Å². The number of hydrogen-bond donors (Lipinski definition) is 1. The lowest BCUT2D eigenvalue weighted by Crippen LogP contribution is -2.43. The van der Waals surface area contributed by atoms with Gasteiger partial charge in [-0.25, -0.2) is 0 Å². The van der Waals surface area contributed by atoms with Crippen molar-refractivity contribution in [3.63, 3.8) is 0 Å². The maximum Gasteiger partial charge on any atom is 0.124 e. The third-order valence-electron chi connectivity index (χ3n) is 3.71. The third-order valence-corrected chi connectivity index (χ3v) is 3.71. The lowest BCUT2D eigenvalue weighted by Gasteiger charge is -2.39. The topological polar surface area (TPSA) is 44.5 Å². The van der Waals surface area contributed by atoms with Gasteiger partial charge in [0.05, 0.1) is 18.2 Å². The monoisotopic (exact) mass is 249 g/mol. The Morgan fingerprint density at radius 3 is 2.83 bits per heavy atom. The highest BCUT2D eigenvalue weighted by Gasteiger charge is 2.36. The molecule has 1 saturated heterocycles. The van der Waals surface area contributed by atoms with Crippen LogP contribution >= 0.6 is 0 Å². The molecule has 1 heterocycles. The van der Waals surface area contributed by atoms with Gasteiger partial charge in [-0.1, -0.05) is 18.2 Å². The lowest BCUT2D eigenvalue weighted by molar-refractivity contribution is -0.0824. The summed E-state index contributed by atoms with van der Waals surface area (Å²) in [6.07, 6.45) is 3.32. The molecule has 3 nitrogen and oxygen atoms in total. The minimum absolute atomic E-state index is 0.138. The van der Waals surface area contributed by atoms with Crippen molar-refractivity contribution in [2.45, 2.75) is 44.8 Å². The highest BCUT2D eigenvalue weighted by atomic mass is 16.5. The van der Waals surface area contributed by atoms with Gasteiger partial charge < -0.3 is 15.2 Å². The van der Waals surface area contributed by atoms with Crippen molar-refractivity contribution in [1.29, 1.82) is 0 Å². The van der Waals surface area contributed by atoms with Crippen LogP contribution in [-0.4, -0.2) is 18.8 Å². The summed E-state index contributed by atoms with van der Waals surface area (Å²) < 4.78 is 11.6. The fourth-order valence-electron chi connectivity index (χ4n) is 2.55. The number of para-hydroxylation sites is 1. The molecule has 0 aliphatic carbocycles. The fourth-order valence-corrected chi connectivity index (χ4v) is 2.55. The third kappa shape index (κ3) is 2.68. The Morgan fingerprint density at radius 1 is 1.39 bits per heavy atom. The first kappa shape index (κ1) is 13.4. The molecule has 0 radical (unpaired) electrons. The molecule has 3 heteroatoms. The van der Waals surface area contributed by atoms with Gasteiger partial charge in [0.25, 0.3) is 0 Å². The van der Waals surface area contributed by atoms with Crippen LogP contribution < -0.4 is 10.5 Å². The SMILES string of the molecule is CCOc1ccccc1C(N)C1(C)CCCCO1. The van der Waals surface area contributed by atoms with Crippen molar-refractivity contribution >= 4 is 0 Å². The summed E-state index contributed by atoms with van der Waals surface area (Å²) in [7, 11) is 0.